The highest BCUT2D eigenvalue weighted by Gasteiger charge is 2.32. The Labute approximate surface area is 113 Å². The van der Waals surface area contributed by atoms with E-state index in [1.165, 1.54) is 38.5 Å². The molecule has 1 aliphatic carbocycles. The van der Waals surface area contributed by atoms with Gasteiger partial charge in [0.25, 0.3) is 0 Å². The summed E-state index contributed by atoms with van der Waals surface area (Å²) in [6.45, 7) is 2.32. The van der Waals surface area contributed by atoms with E-state index >= 15 is 0 Å². The summed E-state index contributed by atoms with van der Waals surface area (Å²) in [6.07, 6.45) is 8.18. The Balaban J connectivity index is 2.01. The van der Waals surface area contributed by atoms with Gasteiger partial charge in [0.15, 0.2) is 5.75 Å². The second-order valence-electron chi connectivity index (χ2n) is 5.35. The Kier molecular flexibility index (Phi) is 4.70. The number of rotatable bonds is 5. The predicted octanol–water partition coefficient (Wildman–Crippen LogP) is 3.69. The van der Waals surface area contributed by atoms with Gasteiger partial charge in [-0.1, -0.05) is 44.7 Å². The van der Waals surface area contributed by atoms with Crippen molar-refractivity contribution < 1.29 is 9.16 Å². The van der Waals surface area contributed by atoms with E-state index in [0.717, 1.165) is 11.5 Å². The standard InChI is InChI=1S/C15H24O2Si/c1-3-15(11-7-4-8-12-15)18-17-14-10-6-5-9-13(14)16-2/h5-6,9-10H,3-4,7-8,11-12,18H2,1-2H3. The number of hydrogen-bond acceptors (Lipinski definition) is 2. The van der Waals surface area contributed by atoms with Crippen molar-refractivity contribution in [3.05, 3.63) is 24.3 Å². The van der Waals surface area contributed by atoms with Gasteiger partial charge in [-0.25, -0.2) is 0 Å². The lowest BCUT2D eigenvalue weighted by Crippen LogP contribution is -2.27. The van der Waals surface area contributed by atoms with Crippen LogP contribution in [0.15, 0.2) is 24.3 Å². The van der Waals surface area contributed by atoms with E-state index in [0.29, 0.717) is 5.04 Å². The van der Waals surface area contributed by atoms with E-state index in [4.69, 9.17) is 9.16 Å². The molecule has 1 fully saturated rings. The normalized spacial score (nSPS) is 19.0. The second kappa shape index (κ2) is 6.28. The quantitative estimate of drug-likeness (QED) is 0.755. The fraction of sp³-hybridized carbons (Fsp3) is 0.600. The summed E-state index contributed by atoms with van der Waals surface area (Å²) in [5, 5.41) is 0.527. The van der Waals surface area contributed by atoms with Crippen LogP contribution in [0.2, 0.25) is 5.04 Å². The van der Waals surface area contributed by atoms with Crippen molar-refractivity contribution in [1.82, 2.24) is 0 Å². The molecule has 0 radical (unpaired) electrons. The molecule has 1 aromatic rings. The van der Waals surface area contributed by atoms with Crippen LogP contribution in [0.3, 0.4) is 0 Å². The SMILES string of the molecule is CCC1([SiH2]Oc2ccccc2OC)CCCCC1. The minimum atomic E-state index is -0.550. The molecule has 0 N–H and O–H groups in total. The van der Waals surface area contributed by atoms with Gasteiger partial charge in [0.05, 0.1) is 7.11 Å². The minimum absolute atomic E-state index is 0.527. The van der Waals surface area contributed by atoms with Crippen molar-refractivity contribution >= 4 is 9.76 Å². The Bertz CT molecular complexity index is 373. The van der Waals surface area contributed by atoms with Gasteiger partial charge < -0.3 is 9.16 Å². The first-order valence-corrected chi connectivity index (χ1v) is 8.34. The molecule has 2 rings (SSSR count). The molecule has 0 aromatic heterocycles. The topological polar surface area (TPSA) is 18.5 Å². The summed E-state index contributed by atoms with van der Waals surface area (Å²) in [7, 11) is 1.16. The van der Waals surface area contributed by atoms with Crippen LogP contribution in [0.5, 0.6) is 11.5 Å². The van der Waals surface area contributed by atoms with Crippen molar-refractivity contribution in [3.8, 4) is 11.5 Å². The number of hydrogen-bond donors (Lipinski definition) is 0. The Morgan fingerprint density at radius 3 is 2.39 bits per heavy atom. The second-order valence-corrected chi connectivity index (χ2v) is 7.43. The van der Waals surface area contributed by atoms with Crippen LogP contribution in [0.25, 0.3) is 0 Å². The maximum absolute atomic E-state index is 6.18. The Hall–Kier alpha value is -0.963. The summed E-state index contributed by atoms with van der Waals surface area (Å²) >= 11 is 0. The number of para-hydroxylation sites is 2. The highest BCUT2D eigenvalue weighted by Crippen LogP contribution is 2.45. The minimum Gasteiger partial charge on any atom is -0.546 e. The fourth-order valence-electron chi connectivity index (χ4n) is 2.87. The molecule has 18 heavy (non-hydrogen) atoms. The van der Waals surface area contributed by atoms with Crippen LogP contribution < -0.4 is 9.16 Å². The average Bonchev–Trinajstić information content (AvgIpc) is 2.46. The van der Waals surface area contributed by atoms with Crippen LogP contribution in [0.4, 0.5) is 0 Å². The molecule has 2 nitrogen and oxygen atoms in total. The summed E-state index contributed by atoms with van der Waals surface area (Å²) in [5.41, 5.74) is 0. The molecule has 0 heterocycles. The lowest BCUT2D eigenvalue weighted by molar-refractivity contribution is 0.336. The highest BCUT2D eigenvalue weighted by atomic mass is 28.2. The Morgan fingerprint density at radius 1 is 1.11 bits per heavy atom. The van der Waals surface area contributed by atoms with E-state index in [2.05, 4.69) is 6.92 Å². The zero-order valence-corrected chi connectivity index (χ0v) is 13.0. The molecule has 1 aliphatic rings. The zero-order valence-electron chi connectivity index (χ0n) is 11.6. The van der Waals surface area contributed by atoms with Gasteiger partial charge in [0.2, 0.25) is 9.76 Å². The van der Waals surface area contributed by atoms with Gasteiger partial charge in [0.1, 0.15) is 5.75 Å². The van der Waals surface area contributed by atoms with Crippen LogP contribution in [0, 0.1) is 0 Å². The summed E-state index contributed by atoms with van der Waals surface area (Å²) in [5.74, 6) is 1.80. The maximum Gasteiger partial charge on any atom is 0.225 e. The first-order chi connectivity index (χ1) is 8.79. The molecule has 0 saturated heterocycles. The summed E-state index contributed by atoms with van der Waals surface area (Å²) in [4.78, 5) is 0. The van der Waals surface area contributed by atoms with Gasteiger partial charge >= 0.3 is 0 Å². The monoisotopic (exact) mass is 264 g/mol. The summed E-state index contributed by atoms with van der Waals surface area (Å²) < 4.78 is 11.5. The van der Waals surface area contributed by atoms with Gasteiger partial charge in [0, 0.05) is 0 Å². The van der Waals surface area contributed by atoms with Crippen molar-refractivity contribution in [2.24, 2.45) is 0 Å². The van der Waals surface area contributed by atoms with E-state index in [1.807, 2.05) is 24.3 Å². The molecule has 0 unspecified atom stereocenters. The average molecular weight is 264 g/mol. The summed E-state index contributed by atoms with van der Waals surface area (Å²) in [6, 6.07) is 8.01. The maximum atomic E-state index is 6.18. The fourth-order valence-corrected chi connectivity index (χ4v) is 4.56. The van der Waals surface area contributed by atoms with Crippen molar-refractivity contribution in [2.45, 2.75) is 50.5 Å². The molecule has 0 aliphatic heterocycles. The molecule has 1 saturated carbocycles. The van der Waals surface area contributed by atoms with Crippen LogP contribution >= 0.6 is 0 Å². The van der Waals surface area contributed by atoms with E-state index in [1.54, 1.807) is 7.11 Å². The number of methoxy groups -OCH3 is 1. The molecule has 3 heteroatoms. The first-order valence-electron chi connectivity index (χ1n) is 7.05. The molecule has 0 atom stereocenters. The van der Waals surface area contributed by atoms with Gasteiger partial charge in [-0.3, -0.25) is 0 Å². The van der Waals surface area contributed by atoms with Crippen molar-refractivity contribution in [2.75, 3.05) is 7.11 Å². The smallest absolute Gasteiger partial charge is 0.225 e. The Morgan fingerprint density at radius 2 is 1.78 bits per heavy atom. The predicted molar refractivity (Wildman–Crippen MR) is 78.2 cm³/mol. The van der Waals surface area contributed by atoms with E-state index in [-0.39, 0.29) is 0 Å². The third-order valence-electron chi connectivity index (χ3n) is 4.27. The van der Waals surface area contributed by atoms with E-state index < -0.39 is 9.76 Å². The molecule has 0 amide bonds. The molecule has 0 bridgehead atoms. The lowest BCUT2D eigenvalue weighted by Gasteiger charge is -2.35. The molecular weight excluding hydrogens is 240 g/mol. The van der Waals surface area contributed by atoms with E-state index in [9.17, 15) is 0 Å². The number of benzene rings is 1. The molecule has 100 valence electrons. The highest BCUT2D eigenvalue weighted by molar-refractivity contribution is 6.33. The van der Waals surface area contributed by atoms with Gasteiger partial charge in [-0.05, 0) is 30.0 Å². The van der Waals surface area contributed by atoms with Crippen LogP contribution in [-0.2, 0) is 0 Å². The van der Waals surface area contributed by atoms with Gasteiger partial charge in [-0.2, -0.15) is 0 Å². The molecular formula is C15H24O2Si. The first kappa shape index (κ1) is 13.5. The lowest BCUT2D eigenvalue weighted by atomic mass is 9.86. The third-order valence-corrected chi connectivity index (χ3v) is 6.54. The van der Waals surface area contributed by atoms with Gasteiger partial charge in [-0.15, -0.1) is 0 Å². The van der Waals surface area contributed by atoms with Crippen LogP contribution in [0.1, 0.15) is 45.4 Å². The largest absolute Gasteiger partial charge is 0.546 e. The van der Waals surface area contributed by atoms with Crippen molar-refractivity contribution in [3.63, 3.8) is 0 Å². The van der Waals surface area contributed by atoms with Crippen molar-refractivity contribution in [1.29, 1.82) is 0 Å². The molecule has 1 aromatic carbocycles. The zero-order chi connectivity index (χ0) is 12.8. The van der Waals surface area contributed by atoms with Crippen LogP contribution in [-0.4, -0.2) is 16.9 Å². The number of ether oxygens (including phenoxy) is 1. The molecule has 0 spiro atoms. The third kappa shape index (κ3) is 3.08.